The largest absolute Gasteiger partial charge is 0.363 e. The van der Waals surface area contributed by atoms with Gasteiger partial charge in [0.15, 0.2) is 5.82 Å². The van der Waals surface area contributed by atoms with E-state index in [1.807, 2.05) is 13.8 Å². The van der Waals surface area contributed by atoms with Gasteiger partial charge in [0, 0.05) is 47.8 Å². The molecule has 0 fully saturated rings. The molecule has 1 aromatic rings. The molecule has 0 amide bonds. The van der Waals surface area contributed by atoms with Gasteiger partial charge in [-0.25, -0.2) is 4.98 Å². The highest BCUT2D eigenvalue weighted by molar-refractivity contribution is 7.84. The average molecular weight is 271 g/mol. The Bertz CT molecular complexity index is 459. The van der Waals surface area contributed by atoms with Crippen LogP contribution in [0.3, 0.4) is 0 Å². The lowest BCUT2D eigenvalue weighted by molar-refractivity contribution is 0.645. The lowest BCUT2D eigenvalue weighted by Gasteiger charge is -2.14. The third-order valence-corrected chi connectivity index (χ3v) is 3.41. The van der Waals surface area contributed by atoms with E-state index < -0.39 is 10.8 Å². The summed E-state index contributed by atoms with van der Waals surface area (Å²) in [6.07, 6.45) is 6.68. The molecule has 0 saturated carbocycles. The first-order valence-electron chi connectivity index (χ1n) is 6.16. The van der Waals surface area contributed by atoms with Gasteiger partial charge in [0.1, 0.15) is 0 Å². The van der Waals surface area contributed by atoms with E-state index in [0.717, 1.165) is 12.8 Å². The molecule has 0 bridgehead atoms. The maximum absolute atomic E-state index is 12.0. The van der Waals surface area contributed by atoms with Gasteiger partial charge in [0.2, 0.25) is 0 Å². The van der Waals surface area contributed by atoms with E-state index in [4.69, 9.17) is 0 Å². The molecule has 1 heterocycles. The van der Waals surface area contributed by atoms with Gasteiger partial charge in [-0.3, -0.25) is 9.00 Å². The van der Waals surface area contributed by atoms with Crippen LogP contribution in [0.15, 0.2) is 17.2 Å². The van der Waals surface area contributed by atoms with Gasteiger partial charge in [-0.15, -0.1) is 0 Å². The van der Waals surface area contributed by atoms with Crippen molar-refractivity contribution >= 4 is 16.6 Å². The molecule has 1 rings (SSSR count). The Hall–Kier alpha value is -1.17. The van der Waals surface area contributed by atoms with Gasteiger partial charge in [-0.1, -0.05) is 6.92 Å². The minimum absolute atomic E-state index is 0.0894. The van der Waals surface area contributed by atoms with Gasteiger partial charge in [0.05, 0.1) is 0 Å². The lowest BCUT2D eigenvalue weighted by Crippen LogP contribution is -2.28. The van der Waals surface area contributed by atoms with Crippen LogP contribution in [0.4, 0.5) is 5.82 Å². The zero-order chi connectivity index (χ0) is 13.5. The molecular weight excluding hydrogens is 250 g/mol. The zero-order valence-electron chi connectivity index (χ0n) is 11.2. The summed E-state index contributed by atoms with van der Waals surface area (Å²) in [7, 11) is -0.801. The summed E-state index contributed by atoms with van der Waals surface area (Å²) in [4.78, 5) is 16.1. The Morgan fingerprint density at radius 3 is 2.89 bits per heavy atom. The van der Waals surface area contributed by atoms with Crippen LogP contribution in [0.1, 0.15) is 26.7 Å². The number of nitrogens with one attached hydrogen (secondary N) is 1. The highest BCUT2D eigenvalue weighted by Gasteiger charge is 2.08. The fourth-order valence-electron chi connectivity index (χ4n) is 1.61. The minimum atomic E-state index is -0.801. The van der Waals surface area contributed by atoms with Crippen molar-refractivity contribution in [3.63, 3.8) is 0 Å². The number of aryl methyl sites for hydroxylation is 1. The summed E-state index contributed by atoms with van der Waals surface area (Å²) in [6, 6.07) is 0.0894. The number of hydrogen-bond acceptors (Lipinski definition) is 4. The average Bonchev–Trinajstić information content (AvgIpc) is 2.32. The monoisotopic (exact) mass is 271 g/mol. The maximum atomic E-state index is 12.0. The Morgan fingerprint density at radius 2 is 2.28 bits per heavy atom. The Kier molecular flexibility index (Phi) is 6.04. The van der Waals surface area contributed by atoms with Crippen molar-refractivity contribution in [2.45, 2.75) is 39.3 Å². The number of aromatic nitrogens is 2. The lowest BCUT2D eigenvalue weighted by atomic mass is 10.2. The molecule has 1 N–H and O–H groups in total. The molecule has 2 unspecified atom stereocenters. The van der Waals surface area contributed by atoms with Crippen LogP contribution in [0.2, 0.25) is 0 Å². The Labute approximate surface area is 110 Å². The quantitative estimate of drug-likeness (QED) is 0.810. The van der Waals surface area contributed by atoms with Crippen molar-refractivity contribution in [1.29, 1.82) is 0 Å². The van der Waals surface area contributed by atoms with Crippen molar-refractivity contribution in [1.82, 2.24) is 9.55 Å². The standard InChI is InChI=1S/C12H21N3O2S/c1-4-7-15-8-6-13-11(12(15)16)14-10(2)5-9-18(3)17/h6,8,10H,4-5,7,9H2,1-3H3,(H,13,14). The van der Waals surface area contributed by atoms with E-state index in [1.165, 1.54) is 0 Å². The van der Waals surface area contributed by atoms with Crippen LogP contribution in [-0.4, -0.2) is 31.8 Å². The molecule has 0 aliphatic carbocycles. The van der Waals surface area contributed by atoms with Crippen molar-refractivity contribution in [2.75, 3.05) is 17.3 Å². The molecule has 0 aliphatic rings. The SMILES string of the molecule is CCCn1ccnc(NC(C)CCS(C)=O)c1=O. The fraction of sp³-hybridized carbons (Fsp3) is 0.667. The number of nitrogens with zero attached hydrogens (tertiary/aromatic N) is 2. The van der Waals surface area contributed by atoms with Crippen LogP contribution in [0.5, 0.6) is 0 Å². The normalized spacial score (nSPS) is 14.2. The third-order valence-electron chi connectivity index (χ3n) is 2.60. The number of hydrogen-bond donors (Lipinski definition) is 1. The summed E-state index contributed by atoms with van der Waals surface area (Å²) in [5, 5.41) is 3.09. The molecular formula is C12H21N3O2S. The molecule has 0 saturated heterocycles. The highest BCUT2D eigenvalue weighted by atomic mass is 32.2. The molecule has 102 valence electrons. The van der Waals surface area contributed by atoms with E-state index in [1.54, 1.807) is 23.2 Å². The summed E-state index contributed by atoms with van der Waals surface area (Å²) < 4.78 is 12.7. The first-order chi connectivity index (χ1) is 8.54. The molecule has 18 heavy (non-hydrogen) atoms. The third kappa shape index (κ3) is 4.60. The number of anilines is 1. The minimum Gasteiger partial charge on any atom is -0.363 e. The van der Waals surface area contributed by atoms with Gasteiger partial charge in [-0.05, 0) is 19.8 Å². The van der Waals surface area contributed by atoms with Crippen molar-refractivity contribution in [3.8, 4) is 0 Å². The van der Waals surface area contributed by atoms with Crippen LogP contribution >= 0.6 is 0 Å². The number of rotatable bonds is 7. The van der Waals surface area contributed by atoms with Crippen molar-refractivity contribution in [3.05, 3.63) is 22.7 Å². The topological polar surface area (TPSA) is 64.0 Å². The first kappa shape index (κ1) is 14.9. The molecule has 2 atom stereocenters. The van der Waals surface area contributed by atoms with Gasteiger partial charge in [-0.2, -0.15) is 0 Å². The van der Waals surface area contributed by atoms with Crippen LogP contribution in [0.25, 0.3) is 0 Å². The molecule has 0 aromatic carbocycles. The molecule has 0 spiro atoms. The first-order valence-corrected chi connectivity index (χ1v) is 7.89. The van der Waals surface area contributed by atoms with E-state index in [0.29, 0.717) is 18.1 Å². The summed E-state index contributed by atoms with van der Waals surface area (Å²) in [6.45, 7) is 4.69. The molecule has 6 heteroatoms. The zero-order valence-corrected chi connectivity index (χ0v) is 12.0. The smallest absolute Gasteiger partial charge is 0.293 e. The fourth-order valence-corrected chi connectivity index (χ4v) is 2.30. The van der Waals surface area contributed by atoms with E-state index in [9.17, 15) is 9.00 Å². The van der Waals surface area contributed by atoms with Crippen LogP contribution in [-0.2, 0) is 17.3 Å². The second-order valence-electron chi connectivity index (χ2n) is 4.39. The predicted molar refractivity (Wildman–Crippen MR) is 75.4 cm³/mol. The van der Waals surface area contributed by atoms with Crippen LogP contribution in [0, 0.1) is 0 Å². The summed E-state index contributed by atoms with van der Waals surface area (Å²) >= 11 is 0. The van der Waals surface area contributed by atoms with Crippen LogP contribution < -0.4 is 10.9 Å². The summed E-state index contributed by atoms with van der Waals surface area (Å²) in [5.41, 5.74) is -0.0937. The summed E-state index contributed by atoms with van der Waals surface area (Å²) in [5.74, 6) is 1.00. The molecule has 0 radical (unpaired) electrons. The van der Waals surface area contributed by atoms with Crippen molar-refractivity contribution in [2.24, 2.45) is 0 Å². The molecule has 1 aromatic heterocycles. The Morgan fingerprint density at radius 1 is 1.56 bits per heavy atom. The van der Waals surface area contributed by atoms with E-state index >= 15 is 0 Å². The predicted octanol–water partition coefficient (Wildman–Crippen LogP) is 1.22. The second kappa shape index (κ2) is 7.31. The highest BCUT2D eigenvalue weighted by Crippen LogP contribution is 2.01. The molecule has 5 nitrogen and oxygen atoms in total. The molecule has 0 aliphatic heterocycles. The van der Waals surface area contributed by atoms with Crippen molar-refractivity contribution < 1.29 is 4.21 Å². The Balaban J connectivity index is 2.69. The van der Waals surface area contributed by atoms with E-state index in [2.05, 4.69) is 10.3 Å². The van der Waals surface area contributed by atoms with Gasteiger partial charge >= 0.3 is 0 Å². The van der Waals surface area contributed by atoms with Gasteiger partial charge < -0.3 is 9.88 Å². The van der Waals surface area contributed by atoms with Gasteiger partial charge in [0.25, 0.3) is 5.56 Å². The van der Waals surface area contributed by atoms with E-state index in [-0.39, 0.29) is 11.6 Å². The second-order valence-corrected chi connectivity index (χ2v) is 5.94. The maximum Gasteiger partial charge on any atom is 0.293 e.